The van der Waals surface area contributed by atoms with Gasteiger partial charge in [-0.1, -0.05) is 18.2 Å². The van der Waals surface area contributed by atoms with Crippen LogP contribution in [0.4, 0.5) is 10.1 Å². The van der Waals surface area contributed by atoms with Crippen molar-refractivity contribution in [1.82, 2.24) is 5.32 Å². The number of amides is 1. The van der Waals surface area contributed by atoms with Crippen molar-refractivity contribution in [2.45, 2.75) is 12.5 Å². The van der Waals surface area contributed by atoms with Gasteiger partial charge in [0, 0.05) is 24.1 Å². The molecule has 8 heteroatoms. The van der Waals surface area contributed by atoms with Crippen LogP contribution in [0.1, 0.15) is 15.9 Å². The molecule has 1 amide bonds. The van der Waals surface area contributed by atoms with Crippen LogP contribution in [0, 0.1) is 15.9 Å². The van der Waals surface area contributed by atoms with Gasteiger partial charge in [0.2, 0.25) is 0 Å². The Kier molecular flexibility index (Phi) is 5.78. The molecular formula is C17H15FN2O5. The topological polar surface area (TPSA) is 98.5 Å². The van der Waals surface area contributed by atoms with Crippen molar-refractivity contribution in [2.24, 2.45) is 0 Å². The zero-order valence-electron chi connectivity index (χ0n) is 13.3. The zero-order valence-corrected chi connectivity index (χ0v) is 13.3. The molecule has 0 radical (unpaired) electrons. The number of nitro benzene ring substituents is 1. The number of methoxy groups -OCH3 is 1. The van der Waals surface area contributed by atoms with Crippen molar-refractivity contribution < 1.29 is 23.6 Å². The second kappa shape index (κ2) is 8.00. The Morgan fingerprint density at radius 1 is 1.24 bits per heavy atom. The summed E-state index contributed by atoms with van der Waals surface area (Å²) in [5.74, 6) is -1.88. The van der Waals surface area contributed by atoms with Gasteiger partial charge in [-0.25, -0.2) is 9.18 Å². The summed E-state index contributed by atoms with van der Waals surface area (Å²) in [7, 11) is 1.18. The number of halogens is 1. The van der Waals surface area contributed by atoms with Crippen LogP contribution in [0.15, 0.2) is 48.5 Å². The number of carbonyl (C=O) groups excluding carboxylic acids is 2. The van der Waals surface area contributed by atoms with Crippen molar-refractivity contribution in [3.63, 3.8) is 0 Å². The molecule has 2 rings (SSSR count). The predicted octanol–water partition coefficient (Wildman–Crippen LogP) is 2.25. The zero-order chi connectivity index (χ0) is 18.4. The number of benzene rings is 2. The summed E-state index contributed by atoms with van der Waals surface area (Å²) in [6, 6.07) is 9.62. The third-order valence-corrected chi connectivity index (χ3v) is 3.46. The van der Waals surface area contributed by atoms with Gasteiger partial charge in [-0.2, -0.15) is 0 Å². The first kappa shape index (κ1) is 18.1. The fourth-order valence-electron chi connectivity index (χ4n) is 2.20. The van der Waals surface area contributed by atoms with E-state index in [1.54, 1.807) is 0 Å². The first-order chi connectivity index (χ1) is 11.9. The van der Waals surface area contributed by atoms with Crippen LogP contribution in [0.5, 0.6) is 0 Å². The monoisotopic (exact) mass is 346 g/mol. The van der Waals surface area contributed by atoms with Crippen molar-refractivity contribution in [3.8, 4) is 0 Å². The summed E-state index contributed by atoms with van der Waals surface area (Å²) in [4.78, 5) is 34.2. The standard InChI is InChI=1S/C17H15FN2O5/c1-25-17(22)15(9-11-5-7-14(8-6-11)20(23)24)19-16(21)12-3-2-4-13(18)10-12/h2-8,10,15H,9H2,1H3,(H,19,21)/t15-/m0/s1. The molecule has 0 aromatic heterocycles. The smallest absolute Gasteiger partial charge is 0.328 e. The van der Waals surface area contributed by atoms with Crippen LogP contribution in [0.2, 0.25) is 0 Å². The minimum absolute atomic E-state index is 0.0672. The van der Waals surface area contributed by atoms with Crippen LogP contribution >= 0.6 is 0 Å². The lowest BCUT2D eigenvalue weighted by Crippen LogP contribution is -2.43. The van der Waals surface area contributed by atoms with Crippen LogP contribution in [-0.4, -0.2) is 30.0 Å². The summed E-state index contributed by atoms with van der Waals surface area (Å²) < 4.78 is 17.9. The van der Waals surface area contributed by atoms with E-state index in [0.29, 0.717) is 5.56 Å². The SMILES string of the molecule is COC(=O)[C@H](Cc1ccc([N+](=O)[O-])cc1)NC(=O)c1cccc(F)c1. The van der Waals surface area contributed by atoms with Crippen molar-refractivity contribution in [3.05, 3.63) is 75.6 Å². The average molecular weight is 346 g/mol. The molecule has 0 aliphatic heterocycles. The van der Waals surface area contributed by atoms with Gasteiger partial charge in [0.15, 0.2) is 0 Å². The van der Waals surface area contributed by atoms with Gasteiger partial charge in [0.05, 0.1) is 12.0 Å². The Morgan fingerprint density at radius 3 is 2.48 bits per heavy atom. The van der Waals surface area contributed by atoms with Gasteiger partial charge < -0.3 is 10.1 Å². The Hall–Kier alpha value is -3.29. The molecule has 0 saturated carbocycles. The lowest BCUT2D eigenvalue weighted by Gasteiger charge is -2.16. The van der Waals surface area contributed by atoms with Gasteiger partial charge >= 0.3 is 5.97 Å². The minimum Gasteiger partial charge on any atom is -0.467 e. The van der Waals surface area contributed by atoms with Gasteiger partial charge in [-0.15, -0.1) is 0 Å². The number of nitrogens with one attached hydrogen (secondary N) is 1. The summed E-state index contributed by atoms with van der Waals surface area (Å²) in [6.45, 7) is 0. The fourth-order valence-corrected chi connectivity index (χ4v) is 2.20. The Bertz CT molecular complexity index is 792. The molecule has 0 fully saturated rings. The van der Waals surface area contributed by atoms with Crippen molar-refractivity contribution in [1.29, 1.82) is 0 Å². The van der Waals surface area contributed by atoms with E-state index in [1.807, 2.05) is 0 Å². The number of hydrogen-bond acceptors (Lipinski definition) is 5. The summed E-state index contributed by atoms with van der Waals surface area (Å²) in [5, 5.41) is 13.1. The second-order valence-corrected chi connectivity index (χ2v) is 5.19. The molecule has 7 nitrogen and oxygen atoms in total. The number of ether oxygens (including phenoxy) is 1. The first-order valence-corrected chi connectivity index (χ1v) is 7.28. The molecule has 0 saturated heterocycles. The van der Waals surface area contributed by atoms with Gasteiger partial charge in [0.25, 0.3) is 11.6 Å². The largest absolute Gasteiger partial charge is 0.467 e. The fraction of sp³-hybridized carbons (Fsp3) is 0.176. The molecule has 0 spiro atoms. The van der Waals surface area contributed by atoms with E-state index in [-0.39, 0.29) is 17.7 Å². The number of esters is 1. The maximum atomic E-state index is 13.2. The quantitative estimate of drug-likeness (QED) is 0.491. The summed E-state index contributed by atoms with van der Waals surface area (Å²) in [6.07, 6.45) is 0.0751. The Labute approximate surface area is 142 Å². The molecule has 130 valence electrons. The third-order valence-electron chi connectivity index (χ3n) is 3.46. The first-order valence-electron chi connectivity index (χ1n) is 7.28. The molecule has 1 N–H and O–H groups in total. The lowest BCUT2D eigenvalue weighted by molar-refractivity contribution is -0.384. The van der Waals surface area contributed by atoms with Crippen LogP contribution in [0.3, 0.4) is 0 Å². The Morgan fingerprint density at radius 2 is 1.92 bits per heavy atom. The molecular weight excluding hydrogens is 331 g/mol. The number of hydrogen-bond donors (Lipinski definition) is 1. The molecule has 0 aliphatic rings. The molecule has 0 unspecified atom stereocenters. The van der Waals surface area contributed by atoms with E-state index in [1.165, 1.54) is 49.6 Å². The maximum Gasteiger partial charge on any atom is 0.328 e. The Balaban J connectivity index is 2.14. The third kappa shape index (κ3) is 4.84. The highest BCUT2D eigenvalue weighted by atomic mass is 19.1. The van der Waals surface area contributed by atoms with E-state index in [4.69, 9.17) is 0 Å². The van der Waals surface area contributed by atoms with Crippen LogP contribution in [-0.2, 0) is 16.0 Å². The van der Waals surface area contributed by atoms with E-state index in [0.717, 1.165) is 6.07 Å². The number of non-ortho nitro benzene ring substituents is 1. The van der Waals surface area contributed by atoms with Gasteiger partial charge in [-0.05, 0) is 23.8 Å². The van der Waals surface area contributed by atoms with Crippen molar-refractivity contribution >= 4 is 17.6 Å². The van der Waals surface area contributed by atoms with Gasteiger partial charge in [0.1, 0.15) is 11.9 Å². The average Bonchev–Trinajstić information content (AvgIpc) is 2.60. The maximum absolute atomic E-state index is 13.2. The van der Waals surface area contributed by atoms with E-state index < -0.39 is 28.7 Å². The second-order valence-electron chi connectivity index (χ2n) is 5.19. The number of rotatable bonds is 6. The molecule has 0 heterocycles. The summed E-state index contributed by atoms with van der Waals surface area (Å²) >= 11 is 0. The highest BCUT2D eigenvalue weighted by Crippen LogP contribution is 2.14. The molecule has 0 aliphatic carbocycles. The molecule has 2 aromatic rings. The molecule has 2 aromatic carbocycles. The van der Waals surface area contributed by atoms with E-state index >= 15 is 0 Å². The van der Waals surface area contributed by atoms with Crippen molar-refractivity contribution in [2.75, 3.05) is 7.11 Å². The van der Waals surface area contributed by atoms with Gasteiger partial charge in [-0.3, -0.25) is 14.9 Å². The molecule has 1 atom stereocenters. The summed E-state index contributed by atoms with van der Waals surface area (Å²) in [5.41, 5.74) is 0.584. The van der Waals surface area contributed by atoms with E-state index in [2.05, 4.69) is 10.1 Å². The molecule has 0 bridgehead atoms. The minimum atomic E-state index is -1.01. The highest BCUT2D eigenvalue weighted by molar-refractivity contribution is 5.96. The van der Waals surface area contributed by atoms with Crippen LogP contribution in [0.25, 0.3) is 0 Å². The van der Waals surface area contributed by atoms with Crippen LogP contribution < -0.4 is 5.32 Å². The number of nitro groups is 1. The van der Waals surface area contributed by atoms with E-state index in [9.17, 15) is 24.1 Å². The number of nitrogens with zero attached hydrogens (tertiary/aromatic N) is 1. The predicted molar refractivity (Wildman–Crippen MR) is 86.5 cm³/mol. The normalized spacial score (nSPS) is 11.4. The lowest BCUT2D eigenvalue weighted by atomic mass is 10.0. The molecule has 25 heavy (non-hydrogen) atoms. The highest BCUT2D eigenvalue weighted by Gasteiger charge is 2.23. The number of carbonyl (C=O) groups is 2.